The lowest BCUT2D eigenvalue weighted by atomic mass is 9.81. The third-order valence-corrected chi connectivity index (χ3v) is 8.16. The summed E-state index contributed by atoms with van der Waals surface area (Å²) in [4.78, 5) is 21.7. The molecule has 0 N–H and O–H groups in total. The quantitative estimate of drug-likeness (QED) is 0.680. The van der Waals surface area contributed by atoms with Crippen molar-refractivity contribution < 1.29 is 17.6 Å². The number of sulfonamides is 1. The van der Waals surface area contributed by atoms with Crippen LogP contribution in [0.25, 0.3) is 10.9 Å². The van der Waals surface area contributed by atoms with Crippen molar-refractivity contribution >= 4 is 32.5 Å². The largest absolute Gasteiger partial charge is 0.370 e. The summed E-state index contributed by atoms with van der Waals surface area (Å²) in [6.07, 6.45) is 3.98. The van der Waals surface area contributed by atoms with Crippen LogP contribution in [-0.2, 0) is 10.0 Å². The number of carbonyl (C=O) groups excluding carboxylic acids is 1. The number of piperazine rings is 1. The maximum atomic E-state index is 14.2. The van der Waals surface area contributed by atoms with E-state index < -0.39 is 21.3 Å². The van der Waals surface area contributed by atoms with Crippen LogP contribution in [0, 0.1) is 22.6 Å². The molecule has 33 heavy (non-hydrogen) atoms. The minimum Gasteiger partial charge on any atom is -0.370 e. The molecule has 10 heteroatoms. The highest BCUT2D eigenvalue weighted by Gasteiger charge is 2.36. The molecule has 2 aliphatic rings. The minimum absolute atomic E-state index is 0.223. The highest BCUT2D eigenvalue weighted by atomic mass is 32.2. The zero-order chi connectivity index (χ0) is 24.0. The molecule has 3 heterocycles. The van der Waals surface area contributed by atoms with E-state index >= 15 is 0 Å². The van der Waals surface area contributed by atoms with E-state index in [1.165, 1.54) is 28.9 Å². The van der Waals surface area contributed by atoms with E-state index in [2.05, 4.69) is 11.1 Å². The van der Waals surface area contributed by atoms with Gasteiger partial charge < -0.3 is 9.80 Å². The van der Waals surface area contributed by atoms with Gasteiger partial charge in [-0.15, -0.1) is 0 Å². The Labute approximate surface area is 193 Å². The number of rotatable bonds is 3. The first-order chi connectivity index (χ1) is 15.5. The van der Waals surface area contributed by atoms with Crippen LogP contribution in [-0.4, -0.2) is 73.5 Å². The number of carbonyl (C=O) groups is 1. The Morgan fingerprint density at radius 3 is 2.55 bits per heavy atom. The van der Waals surface area contributed by atoms with Crippen LogP contribution in [0.1, 0.15) is 37.0 Å². The second kappa shape index (κ2) is 8.54. The van der Waals surface area contributed by atoms with Gasteiger partial charge in [0.2, 0.25) is 10.0 Å². The van der Waals surface area contributed by atoms with Crippen molar-refractivity contribution in [2.75, 3.05) is 43.9 Å². The monoisotopic (exact) mass is 473 g/mol. The Hall–Kier alpha value is -2.77. The lowest BCUT2D eigenvalue weighted by Gasteiger charge is -2.40. The fourth-order valence-corrected chi connectivity index (χ4v) is 5.91. The van der Waals surface area contributed by atoms with Crippen molar-refractivity contribution in [2.24, 2.45) is 5.41 Å². The Morgan fingerprint density at radius 2 is 1.94 bits per heavy atom. The molecule has 0 bridgehead atoms. The summed E-state index contributed by atoms with van der Waals surface area (Å²) in [6.45, 7) is 5.60. The first kappa shape index (κ1) is 23.4. The molecule has 4 rings (SSSR count). The molecule has 1 aromatic carbocycles. The Morgan fingerprint density at radius 1 is 1.24 bits per heavy atom. The van der Waals surface area contributed by atoms with E-state index in [0.29, 0.717) is 48.1 Å². The van der Waals surface area contributed by atoms with Crippen LogP contribution in [0.5, 0.6) is 0 Å². The van der Waals surface area contributed by atoms with Gasteiger partial charge in [0, 0.05) is 50.3 Å². The van der Waals surface area contributed by atoms with Crippen molar-refractivity contribution in [1.82, 2.24) is 14.2 Å². The summed E-state index contributed by atoms with van der Waals surface area (Å²) in [6, 6.07) is 6.37. The third kappa shape index (κ3) is 4.52. The van der Waals surface area contributed by atoms with Crippen LogP contribution in [0.4, 0.5) is 10.1 Å². The molecular formula is C23H28FN5O3S. The van der Waals surface area contributed by atoms with Gasteiger partial charge in [-0.25, -0.2) is 12.8 Å². The number of nitriles is 1. The zero-order valence-corrected chi connectivity index (χ0v) is 19.9. The number of halogens is 1. The van der Waals surface area contributed by atoms with Gasteiger partial charge in [-0.1, -0.05) is 0 Å². The number of aromatic nitrogens is 1. The van der Waals surface area contributed by atoms with Crippen molar-refractivity contribution in [1.29, 1.82) is 5.26 Å². The molecule has 176 valence electrons. The van der Waals surface area contributed by atoms with Crippen LogP contribution in [0.2, 0.25) is 0 Å². The van der Waals surface area contributed by atoms with E-state index in [0.717, 1.165) is 0 Å². The number of hydrogen-bond donors (Lipinski definition) is 0. The molecule has 1 aromatic heterocycles. The maximum absolute atomic E-state index is 14.2. The molecule has 1 amide bonds. The molecule has 2 fully saturated rings. The predicted octanol–water partition coefficient (Wildman–Crippen LogP) is 2.61. The fraction of sp³-hybridized carbons (Fsp3) is 0.522. The Kier molecular flexibility index (Phi) is 6.05. The first-order valence-electron chi connectivity index (χ1n) is 11.0. The average Bonchev–Trinajstić information content (AvgIpc) is 2.77. The first-order valence-corrected chi connectivity index (χ1v) is 12.9. The summed E-state index contributed by atoms with van der Waals surface area (Å²) in [7, 11) is -3.35. The number of benzene rings is 1. The van der Waals surface area contributed by atoms with Crippen molar-refractivity contribution in [3.05, 3.63) is 35.8 Å². The third-order valence-electron chi connectivity index (χ3n) is 6.76. The standard InChI is InChI=1S/C23H28FN5O3S/c1-16-14-28(10-11-29(16)33(3,31)32)22(30)19-13-26-20-5-4-17(24)12-18(20)21(19)27-8-6-23(2,15-25)7-9-27/h4-5,12-13,16H,6-11,14H2,1-3H3/t16-/m0/s1. The van der Waals surface area contributed by atoms with Crippen LogP contribution in [0.15, 0.2) is 24.4 Å². The SMILES string of the molecule is C[C@H]1CN(C(=O)c2cnc3ccc(F)cc3c2N2CCC(C)(C#N)CC2)CCN1S(C)(=O)=O. The second-order valence-corrected chi connectivity index (χ2v) is 11.3. The topological polar surface area (TPSA) is 97.6 Å². The van der Waals surface area contributed by atoms with Crippen LogP contribution >= 0.6 is 0 Å². The van der Waals surface area contributed by atoms with Gasteiger partial charge in [-0.2, -0.15) is 9.57 Å². The second-order valence-electron chi connectivity index (χ2n) is 9.32. The highest BCUT2D eigenvalue weighted by Crippen LogP contribution is 2.37. The average molecular weight is 474 g/mol. The van der Waals surface area contributed by atoms with Crippen LogP contribution in [0.3, 0.4) is 0 Å². The predicted molar refractivity (Wildman–Crippen MR) is 124 cm³/mol. The summed E-state index contributed by atoms with van der Waals surface area (Å²) >= 11 is 0. The molecule has 2 aromatic rings. The van der Waals surface area contributed by atoms with Gasteiger partial charge in [0.1, 0.15) is 5.82 Å². The summed E-state index contributed by atoms with van der Waals surface area (Å²) in [5, 5.41) is 10.1. The number of amides is 1. The van der Waals surface area contributed by atoms with Gasteiger partial charge in [0.15, 0.2) is 0 Å². The van der Waals surface area contributed by atoms with Gasteiger partial charge in [-0.3, -0.25) is 9.78 Å². The zero-order valence-electron chi connectivity index (χ0n) is 19.1. The number of nitrogens with zero attached hydrogens (tertiary/aromatic N) is 5. The smallest absolute Gasteiger partial charge is 0.257 e. The molecule has 0 aliphatic carbocycles. The molecular weight excluding hydrogens is 445 g/mol. The van der Waals surface area contributed by atoms with Crippen molar-refractivity contribution in [3.63, 3.8) is 0 Å². The van der Waals surface area contributed by atoms with E-state index in [-0.39, 0.29) is 31.6 Å². The normalized spacial score (nSPS) is 21.7. The maximum Gasteiger partial charge on any atom is 0.257 e. The van der Waals surface area contributed by atoms with E-state index in [1.807, 2.05) is 11.8 Å². The molecule has 1 atom stereocenters. The number of piperidine rings is 1. The summed E-state index contributed by atoms with van der Waals surface area (Å²) < 4.78 is 39.6. The molecule has 2 aliphatic heterocycles. The number of pyridine rings is 1. The number of fused-ring (bicyclic) bond motifs is 1. The minimum atomic E-state index is -3.35. The molecule has 2 saturated heterocycles. The Balaban J connectivity index is 1.71. The fourth-order valence-electron chi connectivity index (χ4n) is 4.77. The highest BCUT2D eigenvalue weighted by molar-refractivity contribution is 7.88. The van der Waals surface area contributed by atoms with E-state index in [1.54, 1.807) is 17.9 Å². The summed E-state index contributed by atoms with van der Waals surface area (Å²) in [5.41, 5.74) is 1.16. The molecule has 8 nitrogen and oxygen atoms in total. The van der Waals surface area contributed by atoms with Crippen molar-refractivity contribution in [3.8, 4) is 6.07 Å². The lowest BCUT2D eigenvalue weighted by Crippen LogP contribution is -2.55. The van der Waals surface area contributed by atoms with Crippen molar-refractivity contribution in [2.45, 2.75) is 32.7 Å². The lowest BCUT2D eigenvalue weighted by molar-refractivity contribution is 0.0643. The van der Waals surface area contributed by atoms with Gasteiger partial charge in [0.25, 0.3) is 5.91 Å². The van der Waals surface area contributed by atoms with Gasteiger partial charge >= 0.3 is 0 Å². The molecule has 0 unspecified atom stereocenters. The summed E-state index contributed by atoms with van der Waals surface area (Å²) in [5.74, 6) is -0.665. The van der Waals surface area contributed by atoms with Crippen LogP contribution < -0.4 is 4.90 Å². The Bertz CT molecular complexity index is 1230. The van der Waals surface area contributed by atoms with Gasteiger partial charge in [-0.05, 0) is 44.9 Å². The van der Waals surface area contributed by atoms with E-state index in [9.17, 15) is 22.9 Å². The number of hydrogen-bond acceptors (Lipinski definition) is 6. The number of anilines is 1. The molecule has 0 saturated carbocycles. The molecule has 0 spiro atoms. The van der Waals surface area contributed by atoms with Gasteiger partial charge in [0.05, 0.1) is 34.5 Å². The molecule has 0 radical (unpaired) electrons. The van der Waals surface area contributed by atoms with E-state index in [4.69, 9.17) is 0 Å².